The monoisotopic (exact) mass is 315 g/mol. The molecule has 2 aliphatic rings. The average molecular weight is 315 g/mol. The average Bonchev–Trinajstić information content (AvgIpc) is 2.92. The van der Waals surface area contributed by atoms with Crippen LogP contribution in [0, 0.1) is 5.82 Å². The number of carbonyl (C=O) groups is 1. The fraction of sp³-hybridized carbons (Fsp3) is 0.500. The van der Waals surface area contributed by atoms with E-state index >= 15 is 0 Å². The number of nitrogens with zero attached hydrogens (tertiary/aromatic N) is 1. The summed E-state index contributed by atoms with van der Waals surface area (Å²) >= 11 is 0. The van der Waals surface area contributed by atoms with Crippen molar-refractivity contribution in [3.8, 4) is 0 Å². The highest BCUT2D eigenvalue weighted by Crippen LogP contribution is 2.28. The summed E-state index contributed by atoms with van der Waals surface area (Å²) in [5.74, 6) is -0.233. The fourth-order valence-corrected chi connectivity index (χ4v) is 3.88. The van der Waals surface area contributed by atoms with Crippen LogP contribution in [0.1, 0.15) is 43.4 Å². The predicted octanol–water partition coefficient (Wildman–Crippen LogP) is 3.71. The van der Waals surface area contributed by atoms with E-state index in [9.17, 15) is 9.18 Å². The van der Waals surface area contributed by atoms with Crippen LogP contribution >= 0.6 is 0 Å². The van der Waals surface area contributed by atoms with Crippen LogP contribution in [0.5, 0.6) is 0 Å². The molecular weight excluding hydrogens is 293 g/mol. The van der Waals surface area contributed by atoms with Crippen molar-refractivity contribution in [3.05, 3.63) is 35.3 Å². The molecule has 2 N–H and O–H groups in total. The number of hydrogen-bond acceptors (Lipinski definition) is 1. The summed E-state index contributed by atoms with van der Waals surface area (Å²) in [5, 5.41) is 4.21. The minimum Gasteiger partial charge on any atom is -0.358 e. The van der Waals surface area contributed by atoms with Gasteiger partial charge in [-0.05, 0) is 31.0 Å². The molecule has 4 nitrogen and oxygen atoms in total. The number of benzene rings is 1. The van der Waals surface area contributed by atoms with Crippen molar-refractivity contribution in [2.45, 2.75) is 51.1 Å². The van der Waals surface area contributed by atoms with Gasteiger partial charge < -0.3 is 15.2 Å². The first kappa shape index (κ1) is 14.5. The number of hydrogen-bond donors (Lipinski definition) is 2. The van der Waals surface area contributed by atoms with E-state index in [-0.39, 0.29) is 11.8 Å². The number of halogens is 1. The van der Waals surface area contributed by atoms with Crippen molar-refractivity contribution >= 4 is 16.9 Å². The number of urea groups is 1. The molecule has 0 saturated heterocycles. The van der Waals surface area contributed by atoms with E-state index in [1.807, 2.05) is 11.0 Å². The molecule has 2 aromatic rings. The zero-order chi connectivity index (χ0) is 15.8. The second-order valence-electron chi connectivity index (χ2n) is 6.73. The molecule has 0 unspecified atom stereocenters. The van der Waals surface area contributed by atoms with Gasteiger partial charge in [0.1, 0.15) is 5.82 Å². The summed E-state index contributed by atoms with van der Waals surface area (Å²) < 4.78 is 13.4. The quantitative estimate of drug-likeness (QED) is 0.828. The Hall–Kier alpha value is -2.04. The number of H-pyrrole nitrogens is 1. The van der Waals surface area contributed by atoms with Gasteiger partial charge in [0, 0.05) is 47.7 Å². The first-order chi connectivity index (χ1) is 11.2. The van der Waals surface area contributed by atoms with Gasteiger partial charge in [-0.15, -0.1) is 0 Å². The van der Waals surface area contributed by atoms with Crippen LogP contribution in [0.25, 0.3) is 10.9 Å². The molecule has 0 spiro atoms. The topological polar surface area (TPSA) is 48.1 Å². The second kappa shape index (κ2) is 5.87. The summed E-state index contributed by atoms with van der Waals surface area (Å²) in [5.41, 5.74) is 3.09. The zero-order valence-corrected chi connectivity index (χ0v) is 13.2. The molecule has 1 aromatic carbocycles. The first-order valence-electron chi connectivity index (χ1n) is 8.55. The van der Waals surface area contributed by atoms with E-state index in [1.54, 1.807) is 0 Å². The van der Waals surface area contributed by atoms with E-state index in [1.165, 1.54) is 31.4 Å². The molecule has 1 fully saturated rings. The van der Waals surface area contributed by atoms with Gasteiger partial charge in [-0.1, -0.05) is 19.3 Å². The molecule has 0 radical (unpaired) electrons. The molecule has 1 aromatic heterocycles. The Morgan fingerprint density at radius 3 is 2.91 bits per heavy atom. The largest absolute Gasteiger partial charge is 0.358 e. The molecule has 0 atom stereocenters. The van der Waals surface area contributed by atoms with Crippen molar-refractivity contribution in [1.29, 1.82) is 0 Å². The van der Waals surface area contributed by atoms with Crippen LogP contribution in [0.4, 0.5) is 9.18 Å². The molecule has 2 amide bonds. The van der Waals surface area contributed by atoms with Crippen molar-refractivity contribution < 1.29 is 9.18 Å². The van der Waals surface area contributed by atoms with Crippen molar-refractivity contribution in [2.75, 3.05) is 6.54 Å². The number of amides is 2. The van der Waals surface area contributed by atoms with Crippen LogP contribution in [-0.4, -0.2) is 28.5 Å². The standard InChI is InChI=1S/C18H22FN3O/c19-12-6-7-14-15-11-22(9-8-16(15)21-17(14)10-12)18(23)20-13-4-2-1-3-5-13/h6-7,10,13,21H,1-5,8-9,11H2,(H,20,23). The van der Waals surface area contributed by atoms with Crippen molar-refractivity contribution in [1.82, 2.24) is 15.2 Å². The zero-order valence-electron chi connectivity index (χ0n) is 13.2. The van der Waals surface area contributed by atoms with Gasteiger partial charge >= 0.3 is 6.03 Å². The molecule has 0 bridgehead atoms. The molecule has 4 rings (SSSR count). The van der Waals surface area contributed by atoms with Gasteiger partial charge in [-0.3, -0.25) is 0 Å². The minimum absolute atomic E-state index is 0.0408. The van der Waals surface area contributed by atoms with E-state index in [0.29, 0.717) is 19.1 Å². The minimum atomic E-state index is -0.233. The second-order valence-corrected chi connectivity index (χ2v) is 6.73. The Morgan fingerprint density at radius 1 is 1.26 bits per heavy atom. The summed E-state index contributed by atoms with van der Waals surface area (Å²) in [6, 6.07) is 5.19. The van der Waals surface area contributed by atoms with Gasteiger partial charge in [0.25, 0.3) is 0 Å². The summed E-state index contributed by atoms with van der Waals surface area (Å²) in [6.45, 7) is 1.31. The third-order valence-corrected chi connectivity index (χ3v) is 5.16. The molecule has 1 aliphatic carbocycles. The Labute approximate surface area is 135 Å². The lowest BCUT2D eigenvalue weighted by molar-refractivity contribution is 0.185. The van der Waals surface area contributed by atoms with Crippen LogP contribution in [0.15, 0.2) is 18.2 Å². The number of aromatic amines is 1. The SMILES string of the molecule is O=C(NC1CCCCC1)N1CCc2[nH]c3cc(F)ccc3c2C1. The van der Waals surface area contributed by atoms with Gasteiger partial charge in [0.2, 0.25) is 0 Å². The molecule has 1 saturated carbocycles. The lowest BCUT2D eigenvalue weighted by atomic mass is 9.95. The van der Waals surface area contributed by atoms with E-state index in [0.717, 1.165) is 41.4 Å². The van der Waals surface area contributed by atoms with E-state index in [2.05, 4.69) is 10.3 Å². The van der Waals surface area contributed by atoms with Crippen molar-refractivity contribution in [3.63, 3.8) is 0 Å². The summed E-state index contributed by atoms with van der Waals surface area (Å²) in [6.07, 6.45) is 6.69. The van der Waals surface area contributed by atoms with Gasteiger partial charge in [-0.25, -0.2) is 9.18 Å². The van der Waals surface area contributed by atoms with E-state index in [4.69, 9.17) is 0 Å². The lowest BCUT2D eigenvalue weighted by Crippen LogP contribution is -2.47. The number of rotatable bonds is 1. The van der Waals surface area contributed by atoms with E-state index < -0.39 is 0 Å². The molecule has 5 heteroatoms. The lowest BCUT2D eigenvalue weighted by Gasteiger charge is -2.31. The maximum atomic E-state index is 13.4. The maximum absolute atomic E-state index is 13.4. The van der Waals surface area contributed by atoms with Crippen molar-refractivity contribution in [2.24, 2.45) is 0 Å². The third kappa shape index (κ3) is 2.80. The number of carbonyl (C=O) groups excluding carboxylic acids is 1. The van der Waals surface area contributed by atoms with Crippen LogP contribution < -0.4 is 5.32 Å². The van der Waals surface area contributed by atoms with Crippen LogP contribution in [-0.2, 0) is 13.0 Å². The normalized spacial score (nSPS) is 18.9. The highest BCUT2D eigenvalue weighted by Gasteiger charge is 2.26. The van der Waals surface area contributed by atoms with Gasteiger partial charge in [0.15, 0.2) is 0 Å². The molecule has 2 heterocycles. The predicted molar refractivity (Wildman–Crippen MR) is 87.8 cm³/mol. The summed E-state index contributed by atoms with van der Waals surface area (Å²) in [4.78, 5) is 17.7. The van der Waals surface area contributed by atoms with Gasteiger partial charge in [0.05, 0.1) is 0 Å². The number of fused-ring (bicyclic) bond motifs is 3. The third-order valence-electron chi connectivity index (χ3n) is 5.16. The van der Waals surface area contributed by atoms with Crippen LogP contribution in [0.2, 0.25) is 0 Å². The Morgan fingerprint density at radius 2 is 2.09 bits per heavy atom. The van der Waals surface area contributed by atoms with Crippen LogP contribution in [0.3, 0.4) is 0 Å². The molecule has 122 valence electrons. The fourth-order valence-electron chi connectivity index (χ4n) is 3.88. The highest BCUT2D eigenvalue weighted by molar-refractivity contribution is 5.86. The molecular formula is C18H22FN3O. The first-order valence-corrected chi connectivity index (χ1v) is 8.55. The highest BCUT2D eigenvalue weighted by atomic mass is 19.1. The molecule has 1 aliphatic heterocycles. The Kier molecular flexibility index (Phi) is 3.71. The Balaban J connectivity index is 1.51. The van der Waals surface area contributed by atoms with Gasteiger partial charge in [-0.2, -0.15) is 0 Å². The maximum Gasteiger partial charge on any atom is 0.317 e. The number of nitrogens with one attached hydrogen (secondary N) is 2. The number of aromatic nitrogens is 1. The smallest absolute Gasteiger partial charge is 0.317 e. The Bertz CT molecular complexity index is 733. The summed E-state index contributed by atoms with van der Waals surface area (Å²) in [7, 11) is 0. The molecule has 23 heavy (non-hydrogen) atoms.